The zero-order valence-corrected chi connectivity index (χ0v) is 19.3. The molecule has 0 saturated carbocycles. The number of fused-ring (bicyclic) bond motifs is 1. The molecule has 6 nitrogen and oxygen atoms in total. The third kappa shape index (κ3) is 4.65. The van der Waals surface area contributed by atoms with Crippen LogP contribution in [0, 0.1) is 0 Å². The van der Waals surface area contributed by atoms with Gasteiger partial charge in [0.2, 0.25) is 0 Å². The molecule has 0 radical (unpaired) electrons. The maximum atomic E-state index is 13.0. The van der Waals surface area contributed by atoms with Gasteiger partial charge in [0.05, 0.1) is 7.11 Å². The van der Waals surface area contributed by atoms with Crippen molar-refractivity contribution < 1.29 is 24.5 Å². The molecule has 6 heteroatoms. The number of ether oxygens (including phenoxy) is 1. The summed E-state index contributed by atoms with van der Waals surface area (Å²) in [5.74, 6) is -0.146. The molecule has 33 heavy (non-hydrogen) atoms. The molecule has 0 atom stereocenters. The lowest BCUT2D eigenvalue weighted by Crippen LogP contribution is -2.06. The topological polar surface area (TPSA) is 100 Å². The number of rotatable bonds is 8. The van der Waals surface area contributed by atoms with Crippen molar-refractivity contribution in [1.29, 1.82) is 0 Å². The van der Waals surface area contributed by atoms with Crippen LogP contribution in [-0.2, 0) is 19.3 Å². The van der Waals surface area contributed by atoms with E-state index in [1.165, 1.54) is 19.3 Å². The van der Waals surface area contributed by atoms with Crippen molar-refractivity contribution in [2.24, 2.45) is 0 Å². The van der Waals surface area contributed by atoms with Crippen molar-refractivity contribution in [3.05, 3.63) is 83.1 Å². The van der Waals surface area contributed by atoms with Gasteiger partial charge in [-0.2, -0.15) is 0 Å². The number of phenolic OH excluding ortho intramolecular Hbond substituents is 3. The molecule has 0 aliphatic carbocycles. The summed E-state index contributed by atoms with van der Waals surface area (Å²) in [5, 5.41) is 32.0. The second-order valence-corrected chi connectivity index (χ2v) is 6.95. The summed E-state index contributed by atoms with van der Waals surface area (Å²) in [7, 11) is 1.44. The predicted molar refractivity (Wildman–Crippen MR) is 133 cm³/mol. The number of methoxy groups -OCH3 is 1. The molecular weight excluding hydrogens is 420 g/mol. The number of phenols is 3. The Morgan fingerprint density at radius 3 is 2.03 bits per heavy atom. The third-order valence-electron chi connectivity index (χ3n) is 5.09. The van der Waals surface area contributed by atoms with Crippen molar-refractivity contribution in [3.63, 3.8) is 0 Å². The van der Waals surface area contributed by atoms with Gasteiger partial charge in [0.25, 0.3) is 0 Å². The molecule has 0 amide bonds. The van der Waals surface area contributed by atoms with Gasteiger partial charge in [-0.1, -0.05) is 32.1 Å². The van der Waals surface area contributed by atoms with Gasteiger partial charge in [-0.15, -0.1) is 19.7 Å². The molecule has 0 unspecified atom stereocenters. The van der Waals surface area contributed by atoms with Crippen LogP contribution in [0.5, 0.6) is 23.0 Å². The van der Waals surface area contributed by atoms with Crippen LogP contribution in [0.1, 0.15) is 30.5 Å². The van der Waals surface area contributed by atoms with Crippen LogP contribution in [0.15, 0.2) is 65.4 Å². The molecule has 3 N–H and O–H groups in total. The minimum absolute atomic E-state index is 0.0294. The second-order valence-electron chi connectivity index (χ2n) is 6.95. The van der Waals surface area contributed by atoms with Crippen LogP contribution in [-0.4, -0.2) is 22.4 Å². The summed E-state index contributed by atoms with van der Waals surface area (Å²) >= 11 is 0. The highest BCUT2D eigenvalue weighted by Crippen LogP contribution is 2.42. The Morgan fingerprint density at radius 2 is 1.45 bits per heavy atom. The maximum Gasteiger partial charge on any atom is 0.197 e. The maximum absolute atomic E-state index is 13.0. The van der Waals surface area contributed by atoms with E-state index in [-0.39, 0.29) is 58.1 Å². The highest BCUT2D eigenvalue weighted by atomic mass is 16.5. The zero-order valence-electron chi connectivity index (χ0n) is 19.3. The van der Waals surface area contributed by atoms with Gasteiger partial charge in [-0.05, 0) is 31.4 Å². The summed E-state index contributed by atoms with van der Waals surface area (Å²) in [6, 6.07) is 4.48. The van der Waals surface area contributed by atoms with Gasteiger partial charge in [0, 0.05) is 28.3 Å². The first-order valence-corrected chi connectivity index (χ1v) is 10.6. The molecule has 0 saturated heterocycles. The normalized spacial score (nSPS) is 10.3. The minimum atomic E-state index is -0.482. The van der Waals surface area contributed by atoms with E-state index in [4.69, 9.17) is 9.15 Å². The molecule has 0 fully saturated rings. The first kappa shape index (κ1) is 25.3. The van der Waals surface area contributed by atoms with Crippen molar-refractivity contribution in [3.8, 4) is 34.3 Å². The summed E-state index contributed by atoms with van der Waals surface area (Å²) in [4.78, 5) is 13.0. The van der Waals surface area contributed by atoms with E-state index < -0.39 is 5.43 Å². The van der Waals surface area contributed by atoms with E-state index in [9.17, 15) is 20.1 Å². The summed E-state index contributed by atoms with van der Waals surface area (Å²) in [6.07, 6.45) is 5.39. The Bertz CT molecular complexity index is 1250. The van der Waals surface area contributed by atoms with Crippen LogP contribution < -0.4 is 10.2 Å². The Kier molecular flexibility index (Phi) is 8.51. The zero-order chi connectivity index (χ0) is 24.7. The van der Waals surface area contributed by atoms with Crippen LogP contribution in [0.3, 0.4) is 0 Å². The Labute approximate surface area is 193 Å². The van der Waals surface area contributed by atoms with Gasteiger partial charge in [-0.25, -0.2) is 0 Å². The molecule has 1 aromatic heterocycles. The van der Waals surface area contributed by atoms with E-state index in [0.29, 0.717) is 23.1 Å². The predicted octanol–water partition coefficient (Wildman–Crippen LogP) is 5.80. The van der Waals surface area contributed by atoms with Crippen molar-refractivity contribution in [2.45, 2.75) is 33.1 Å². The van der Waals surface area contributed by atoms with Gasteiger partial charge >= 0.3 is 0 Å². The van der Waals surface area contributed by atoms with E-state index in [2.05, 4.69) is 19.7 Å². The number of hydrogen-bond donors (Lipinski definition) is 3. The molecular formula is C27H30O6. The van der Waals surface area contributed by atoms with Gasteiger partial charge in [-0.3, -0.25) is 4.79 Å². The first-order valence-electron chi connectivity index (χ1n) is 10.6. The molecule has 0 aliphatic rings. The SMILES string of the molecule is C=CCc1c(-c2cc(=O)c3c(O)c(CC=C)c(O)c(CC=C)c3o2)ccc(OC)c1O.CC. The van der Waals surface area contributed by atoms with Crippen LogP contribution >= 0.6 is 0 Å². The van der Waals surface area contributed by atoms with Gasteiger partial charge in [0.1, 0.15) is 28.2 Å². The average Bonchev–Trinajstić information content (AvgIpc) is 2.81. The quantitative estimate of drug-likeness (QED) is 0.375. The van der Waals surface area contributed by atoms with Crippen LogP contribution in [0.4, 0.5) is 0 Å². The minimum Gasteiger partial charge on any atom is -0.507 e. The van der Waals surface area contributed by atoms with Crippen molar-refractivity contribution >= 4 is 11.0 Å². The summed E-state index contributed by atoms with van der Waals surface area (Å²) < 4.78 is 11.2. The van der Waals surface area contributed by atoms with E-state index in [1.807, 2.05) is 13.8 Å². The van der Waals surface area contributed by atoms with E-state index in [0.717, 1.165) is 0 Å². The standard InChI is InChI=1S/C25H24O6.C2H6/c1-5-8-15-14(11-12-19(30-4)23(15)28)20-13-18(26)21-24(29)16(9-6-2)22(27)17(10-7-3)25(21)31-20;1-2/h5-7,11-13,27-29H,1-3,8-10H2,4H3;1-2H3. The highest BCUT2D eigenvalue weighted by Gasteiger charge is 2.23. The Balaban J connectivity index is 0.00000187. The number of benzene rings is 2. The number of aromatic hydroxyl groups is 3. The van der Waals surface area contributed by atoms with Crippen LogP contribution in [0.25, 0.3) is 22.3 Å². The Hall–Kier alpha value is -3.93. The largest absolute Gasteiger partial charge is 0.507 e. The third-order valence-corrected chi connectivity index (χ3v) is 5.09. The fraction of sp³-hybridized carbons (Fsp3) is 0.222. The second kappa shape index (κ2) is 11.1. The molecule has 3 rings (SSSR count). The highest BCUT2D eigenvalue weighted by molar-refractivity contribution is 5.91. The van der Waals surface area contributed by atoms with Gasteiger partial charge < -0.3 is 24.5 Å². The fourth-order valence-corrected chi connectivity index (χ4v) is 3.65. The van der Waals surface area contributed by atoms with Crippen molar-refractivity contribution in [1.82, 2.24) is 0 Å². The molecule has 0 spiro atoms. The average molecular weight is 451 g/mol. The lowest BCUT2D eigenvalue weighted by molar-refractivity contribution is 0.371. The summed E-state index contributed by atoms with van der Waals surface area (Å²) in [6.45, 7) is 15.1. The lowest BCUT2D eigenvalue weighted by atomic mass is 9.96. The lowest BCUT2D eigenvalue weighted by Gasteiger charge is -2.16. The van der Waals surface area contributed by atoms with Crippen LogP contribution in [0.2, 0.25) is 0 Å². The fourth-order valence-electron chi connectivity index (χ4n) is 3.65. The Morgan fingerprint density at radius 1 is 0.879 bits per heavy atom. The summed E-state index contributed by atoms with van der Waals surface area (Å²) in [5.41, 5.74) is 1.06. The van der Waals surface area contributed by atoms with Gasteiger partial charge in [0.15, 0.2) is 16.9 Å². The van der Waals surface area contributed by atoms with Crippen molar-refractivity contribution in [2.75, 3.05) is 7.11 Å². The number of hydrogen-bond acceptors (Lipinski definition) is 6. The molecule has 2 aromatic carbocycles. The number of allylic oxidation sites excluding steroid dienone is 3. The molecule has 0 bridgehead atoms. The monoisotopic (exact) mass is 450 g/mol. The molecule has 1 heterocycles. The molecule has 3 aromatic rings. The molecule has 0 aliphatic heterocycles. The first-order chi connectivity index (χ1) is 15.9. The van der Waals surface area contributed by atoms with E-state index >= 15 is 0 Å². The van der Waals surface area contributed by atoms with E-state index in [1.54, 1.807) is 24.3 Å². The molecule has 174 valence electrons. The smallest absolute Gasteiger partial charge is 0.197 e.